The van der Waals surface area contributed by atoms with Crippen LogP contribution in [0.1, 0.15) is 48.5 Å². The highest BCUT2D eigenvalue weighted by Gasteiger charge is 2.16. The predicted molar refractivity (Wildman–Crippen MR) is 88.9 cm³/mol. The molecule has 0 aliphatic carbocycles. The zero-order valence-electron chi connectivity index (χ0n) is 13.0. The number of aromatic nitrogens is 1. The summed E-state index contributed by atoms with van der Waals surface area (Å²) in [5, 5.41) is 9.93. The van der Waals surface area contributed by atoms with Gasteiger partial charge in [-0.05, 0) is 37.1 Å². The van der Waals surface area contributed by atoms with Crippen LogP contribution in [0.4, 0.5) is 0 Å². The first-order chi connectivity index (χ1) is 10.7. The average Bonchev–Trinajstić information content (AvgIpc) is 2.97. The predicted octanol–water partition coefficient (Wildman–Crippen LogP) is 4.64. The first-order valence-corrected chi connectivity index (χ1v) is 8.43. The third-order valence-corrected chi connectivity index (χ3v) is 4.48. The quantitative estimate of drug-likeness (QED) is 0.720. The molecule has 1 N–H and O–H groups in total. The van der Waals surface area contributed by atoms with Crippen molar-refractivity contribution in [2.24, 2.45) is 0 Å². The summed E-state index contributed by atoms with van der Waals surface area (Å²) in [4.78, 5) is 16.0. The lowest BCUT2D eigenvalue weighted by Crippen LogP contribution is -1.97. The summed E-state index contributed by atoms with van der Waals surface area (Å²) in [7, 11) is 0. The molecule has 0 atom stereocenters. The molecule has 0 saturated heterocycles. The maximum Gasteiger partial charge on any atom is 0.347 e. The van der Waals surface area contributed by atoms with Gasteiger partial charge in [0.2, 0.25) is 0 Å². The van der Waals surface area contributed by atoms with Crippen LogP contribution in [0.2, 0.25) is 0 Å². The summed E-state index contributed by atoms with van der Waals surface area (Å²) < 4.78 is 5.68. The summed E-state index contributed by atoms with van der Waals surface area (Å²) in [6.07, 6.45) is 4.04. The Morgan fingerprint density at radius 3 is 2.50 bits per heavy atom. The smallest absolute Gasteiger partial charge is 0.347 e. The van der Waals surface area contributed by atoms with Gasteiger partial charge in [0.05, 0.1) is 12.3 Å². The Balaban J connectivity index is 2.08. The van der Waals surface area contributed by atoms with E-state index in [1.54, 1.807) is 0 Å². The number of hydrogen-bond donors (Lipinski definition) is 1. The zero-order chi connectivity index (χ0) is 15.9. The number of carboxylic acid groups (broad SMARTS) is 1. The number of nitrogens with zero attached hydrogens (tertiary/aromatic N) is 1. The Morgan fingerprint density at radius 2 is 1.95 bits per heavy atom. The van der Waals surface area contributed by atoms with Gasteiger partial charge in [0, 0.05) is 5.56 Å². The lowest BCUT2D eigenvalue weighted by molar-refractivity contribution is 0.0701. The van der Waals surface area contributed by atoms with Gasteiger partial charge in [-0.2, -0.15) is 0 Å². The number of carboxylic acids is 1. The molecule has 1 aromatic heterocycles. The van der Waals surface area contributed by atoms with E-state index in [0.29, 0.717) is 17.0 Å². The molecule has 1 heterocycles. The van der Waals surface area contributed by atoms with Gasteiger partial charge in [0.1, 0.15) is 15.6 Å². The highest BCUT2D eigenvalue weighted by molar-refractivity contribution is 7.17. The Labute approximate surface area is 134 Å². The van der Waals surface area contributed by atoms with Crippen molar-refractivity contribution in [3.05, 3.63) is 34.8 Å². The number of hydrogen-bond acceptors (Lipinski definition) is 4. The standard InChI is InChI=1S/C17H21NO3S/c1-3-5-6-11-21-13-9-7-12(8-10-13)16-18-14(4-2)15(22-16)17(19)20/h7-10H,3-6,11H2,1-2H3,(H,19,20). The second-order valence-corrected chi connectivity index (χ2v) is 6.03. The highest BCUT2D eigenvalue weighted by atomic mass is 32.1. The van der Waals surface area contributed by atoms with Gasteiger partial charge < -0.3 is 9.84 Å². The van der Waals surface area contributed by atoms with Crippen LogP contribution < -0.4 is 4.74 Å². The number of benzene rings is 1. The molecule has 4 nitrogen and oxygen atoms in total. The number of unbranched alkanes of at least 4 members (excludes halogenated alkanes) is 2. The van der Waals surface area contributed by atoms with E-state index in [9.17, 15) is 9.90 Å². The highest BCUT2D eigenvalue weighted by Crippen LogP contribution is 2.29. The van der Waals surface area contributed by atoms with E-state index in [1.807, 2.05) is 31.2 Å². The van der Waals surface area contributed by atoms with Crippen molar-refractivity contribution in [3.63, 3.8) is 0 Å². The molecular formula is C17H21NO3S. The largest absolute Gasteiger partial charge is 0.494 e. The van der Waals surface area contributed by atoms with E-state index in [1.165, 1.54) is 24.2 Å². The van der Waals surface area contributed by atoms with Crippen LogP contribution in [0.5, 0.6) is 5.75 Å². The van der Waals surface area contributed by atoms with Gasteiger partial charge in [0.15, 0.2) is 0 Å². The van der Waals surface area contributed by atoms with Crippen molar-refractivity contribution in [2.75, 3.05) is 6.61 Å². The van der Waals surface area contributed by atoms with Gasteiger partial charge >= 0.3 is 5.97 Å². The van der Waals surface area contributed by atoms with Crippen LogP contribution in [0, 0.1) is 0 Å². The molecule has 0 amide bonds. The van der Waals surface area contributed by atoms with Crippen LogP contribution in [0.3, 0.4) is 0 Å². The topological polar surface area (TPSA) is 59.4 Å². The first kappa shape index (κ1) is 16.5. The summed E-state index contributed by atoms with van der Waals surface area (Å²) in [5.74, 6) is -0.0675. The Kier molecular flexibility index (Phi) is 5.95. The summed E-state index contributed by atoms with van der Waals surface area (Å²) >= 11 is 1.22. The maximum atomic E-state index is 11.2. The van der Waals surface area contributed by atoms with Crippen LogP contribution in [0.15, 0.2) is 24.3 Å². The van der Waals surface area contributed by atoms with Crippen LogP contribution in [0.25, 0.3) is 10.6 Å². The average molecular weight is 319 g/mol. The SMILES string of the molecule is CCCCCOc1ccc(-c2nc(CC)c(C(=O)O)s2)cc1. The second-order valence-electron chi connectivity index (χ2n) is 5.03. The van der Waals surface area contributed by atoms with E-state index in [0.717, 1.165) is 29.3 Å². The minimum atomic E-state index is -0.906. The van der Waals surface area contributed by atoms with Gasteiger partial charge in [-0.1, -0.05) is 26.7 Å². The van der Waals surface area contributed by atoms with Gasteiger partial charge in [-0.25, -0.2) is 9.78 Å². The third-order valence-electron chi connectivity index (χ3n) is 3.34. The second kappa shape index (κ2) is 7.94. The molecule has 0 aliphatic heterocycles. The number of thiazole rings is 1. The maximum absolute atomic E-state index is 11.2. The van der Waals surface area contributed by atoms with E-state index in [4.69, 9.17) is 4.74 Å². The molecule has 2 rings (SSSR count). The molecule has 0 radical (unpaired) electrons. The Hall–Kier alpha value is -1.88. The van der Waals surface area contributed by atoms with E-state index in [-0.39, 0.29) is 0 Å². The molecule has 0 spiro atoms. The van der Waals surface area contributed by atoms with Crippen molar-refractivity contribution >= 4 is 17.3 Å². The fourth-order valence-electron chi connectivity index (χ4n) is 2.12. The van der Waals surface area contributed by atoms with Crippen molar-refractivity contribution in [2.45, 2.75) is 39.5 Å². The number of aryl methyl sites for hydroxylation is 1. The minimum absolute atomic E-state index is 0.331. The molecule has 22 heavy (non-hydrogen) atoms. The molecule has 118 valence electrons. The molecule has 0 fully saturated rings. The number of carbonyl (C=O) groups is 1. The molecule has 0 aliphatic rings. The minimum Gasteiger partial charge on any atom is -0.494 e. The lowest BCUT2D eigenvalue weighted by atomic mass is 10.2. The van der Waals surface area contributed by atoms with Crippen LogP contribution >= 0.6 is 11.3 Å². The first-order valence-electron chi connectivity index (χ1n) is 7.62. The van der Waals surface area contributed by atoms with Crippen molar-refractivity contribution < 1.29 is 14.6 Å². The van der Waals surface area contributed by atoms with Crippen molar-refractivity contribution in [3.8, 4) is 16.3 Å². The van der Waals surface area contributed by atoms with Crippen LogP contribution in [-0.4, -0.2) is 22.7 Å². The summed E-state index contributed by atoms with van der Waals surface area (Å²) in [6.45, 7) is 4.81. The third kappa shape index (κ3) is 4.07. The zero-order valence-corrected chi connectivity index (χ0v) is 13.8. The van der Waals surface area contributed by atoms with E-state index in [2.05, 4.69) is 11.9 Å². The lowest BCUT2D eigenvalue weighted by Gasteiger charge is -2.06. The summed E-state index contributed by atoms with van der Waals surface area (Å²) in [6, 6.07) is 7.68. The van der Waals surface area contributed by atoms with Crippen molar-refractivity contribution in [1.29, 1.82) is 0 Å². The molecule has 0 saturated carbocycles. The molecular weight excluding hydrogens is 298 g/mol. The molecule has 0 unspecified atom stereocenters. The fraction of sp³-hybridized carbons (Fsp3) is 0.412. The van der Waals surface area contributed by atoms with Gasteiger partial charge in [-0.3, -0.25) is 0 Å². The van der Waals surface area contributed by atoms with Crippen LogP contribution in [-0.2, 0) is 6.42 Å². The number of aromatic carboxylic acids is 1. The molecule has 0 bridgehead atoms. The monoisotopic (exact) mass is 319 g/mol. The Bertz CT molecular complexity index is 619. The Morgan fingerprint density at radius 1 is 1.23 bits per heavy atom. The molecule has 2 aromatic rings. The fourth-order valence-corrected chi connectivity index (χ4v) is 3.12. The number of ether oxygens (including phenoxy) is 1. The van der Waals surface area contributed by atoms with Gasteiger partial charge in [0.25, 0.3) is 0 Å². The van der Waals surface area contributed by atoms with E-state index < -0.39 is 5.97 Å². The normalized spacial score (nSPS) is 10.6. The molecule has 5 heteroatoms. The summed E-state index contributed by atoms with van der Waals surface area (Å²) in [5.41, 5.74) is 1.57. The number of rotatable bonds is 8. The van der Waals surface area contributed by atoms with Crippen molar-refractivity contribution in [1.82, 2.24) is 4.98 Å². The molecule has 1 aromatic carbocycles. The van der Waals surface area contributed by atoms with Gasteiger partial charge in [-0.15, -0.1) is 11.3 Å². The van der Waals surface area contributed by atoms with E-state index >= 15 is 0 Å².